The summed E-state index contributed by atoms with van der Waals surface area (Å²) in [7, 11) is 0. The van der Waals surface area contributed by atoms with E-state index in [1.54, 1.807) is 40.2 Å². The zero-order valence-electron chi connectivity index (χ0n) is 12.6. The fraction of sp³-hybridized carbons (Fsp3) is 0.235. The second kappa shape index (κ2) is 6.25. The van der Waals surface area contributed by atoms with Crippen LogP contribution in [-0.4, -0.2) is 15.3 Å². The molecule has 2 heterocycles. The Kier molecular flexibility index (Phi) is 4.09. The Balaban J connectivity index is 2.01. The molecule has 4 nitrogen and oxygen atoms in total. The number of halogens is 1. The smallest absolute Gasteiger partial charge is 0.267 e. The molecular weight excluding hydrogens is 362 g/mol. The van der Waals surface area contributed by atoms with Gasteiger partial charge in [0.2, 0.25) is 0 Å². The SMILES string of the molecule is N#CCSc1nc2sc3c(c2c(=O)n1-c1ccc(Cl)cc1)CCC3. The fourth-order valence-electron chi connectivity index (χ4n) is 3.04. The minimum atomic E-state index is -0.0536. The fourth-order valence-corrected chi connectivity index (χ4v) is 5.14. The standard InChI is InChI=1S/C17H12ClN3OS2/c18-10-4-6-11(7-5-10)21-16(22)14-12-2-1-3-13(12)24-15(14)20-17(21)23-9-8-19/h4-7H,1-3,9H2. The van der Waals surface area contributed by atoms with Gasteiger partial charge in [-0.15, -0.1) is 11.3 Å². The minimum Gasteiger partial charge on any atom is -0.268 e. The topological polar surface area (TPSA) is 58.7 Å². The van der Waals surface area contributed by atoms with E-state index in [2.05, 4.69) is 6.07 Å². The molecule has 120 valence electrons. The summed E-state index contributed by atoms with van der Waals surface area (Å²) >= 11 is 8.86. The average molecular weight is 374 g/mol. The number of rotatable bonds is 3. The second-order valence-corrected chi connectivity index (χ2v) is 7.96. The number of thiophene rings is 1. The third kappa shape index (κ3) is 2.53. The number of hydrogen-bond donors (Lipinski definition) is 0. The quantitative estimate of drug-likeness (QED) is 0.509. The van der Waals surface area contributed by atoms with Crippen molar-refractivity contribution in [3.8, 4) is 11.8 Å². The molecule has 7 heteroatoms. The maximum atomic E-state index is 13.2. The molecule has 0 aliphatic heterocycles. The molecule has 1 aliphatic carbocycles. The first-order valence-electron chi connectivity index (χ1n) is 7.52. The van der Waals surface area contributed by atoms with Crippen molar-refractivity contribution in [3.63, 3.8) is 0 Å². The second-order valence-electron chi connectivity index (χ2n) is 5.50. The molecule has 0 spiro atoms. The molecule has 0 saturated heterocycles. The van der Waals surface area contributed by atoms with Crippen LogP contribution in [0.4, 0.5) is 0 Å². The van der Waals surface area contributed by atoms with Crippen molar-refractivity contribution in [2.24, 2.45) is 0 Å². The van der Waals surface area contributed by atoms with E-state index < -0.39 is 0 Å². The van der Waals surface area contributed by atoms with Crippen LogP contribution in [0.25, 0.3) is 15.9 Å². The molecule has 0 unspecified atom stereocenters. The number of fused-ring (bicyclic) bond motifs is 3. The van der Waals surface area contributed by atoms with Gasteiger partial charge in [-0.05, 0) is 49.1 Å². The monoisotopic (exact) mass is 373 g/mol. The molecular formula is C17H12ClN3OS2. The molecule has 0 fully saturated rings. The number of benzene rings is 1. The zero-order chi connectivity index (χ0) is 16.7. The van der Waals surface area contributed by atoms with Gasteiger partial charge < -0.3 is 0 Å². The molecule has 0 amide bonds. The van der Waals surface area contributed by atoms with Crippen LogP contribution < -0.4 is 5.56 Å². The Hall–Kier alpha value is -1.81. The van der Waals surface area contributed by atoms with Crippen molar-refractivity contribution in [1.29, 1.82) is 5.26 Å². The summed E-state index contributed by atoms with van der Waals surface area (Å²) in [5, 5.41) is 10.8. The first-order valence-corrected chi connectivity index (χ1v) is 9.70. The van der Waals surface area contributed by atoms with Gasteiger partial charge in [0.05, 0.1) is 22.9 Å². The Bertz CT molecular complexity index is 1030. The van der Waals surface area contributed by atoms with Crippen molar-refractivity contribution < 1.29 is 0 Å². The van der Waals surface area contributed by atoms with Gasteiger partial charge in [-0.1, -0.05) is 23.4 Å². The molecule has 0 atom stereocenters. The van der Waals surface area contributed by atoms with Gasteiger partial charge in [0, 0.05) is 9.90 Å². The predicted molar refractivity (Wildman–Crippen MR) is 98.6 cm³/mol. The van der Waals surface area contributed by atoms with Gasteiger partial charge in [0.1, 0.15) is 4.83 Å². The first-order chi connectivity index (χ1) is 11.7. The number of hydrogen-bond acceptors (Lipinski definition) is 5. The lowest BCUT2D eigenvalue weighted by Gasteiger charge is -2.11. The van der Waals surface area contributed by atoms with Crippen molar-refractivity contribution in [1.82, 2.24) is 9.55 Å². The number of aromatic nitrogens is 2. The van der Waals surface area contributed by atoms with Gasteiger partial charge in [-0.2, -0.15) is 5.26 Å². The summed E-state index contributed by atoms with van der Waals surface area (Å²) in [5.74, 6) is 0.247. The van der Waals surface area contributed by atoms with Crippen molar-refractivity contribution in [2.75, 3.05) is 5.75 Å². The van der Waals surface area contributed by atoms with Crippen molar-refractivity contribution in [2.45, 2.75) is 24.4 Å². The van der Waals surface area contributed by atoms with E-state index in [4.69, 9.17) is 21.8 Å². The number of thioether (sulfide) groups is 1. The average Bonchev–Trinajstić information content (AvgIpc) is 3.14. The summed E-state index contributed by atoms with van der Waals surface area (Å²) in [6, 6.07) is 9.22. The summed E-state index contributed by atoms with van der Waals surface area (Å²) in [5.41, 5.74) is 1.83. The molecule has 0 N–H and O–H groups in total. The van der Waals surface area contributed by atoms with E-state index in [9.17, 15) is 4.79 Å². The highest BCUT2D eigenvalue weighted by atomic mass is 35.5. The molecule has 2 aromatic heterocycles. The zero-order valence-corrected chi connectivity index (χ0v) is 15.0. The Morgan fingerprint density at radius 1 is 1.33 bits per heavy atom. The van der Waals surface area contributed by atoms with Crippen LogP contribution in [0.3, 0.4) is 0 Å². The van der Waals surface area contributed by atoms with E-state index in [-0.39, 0.29) is 11.3 Å². The molecule has 1 aliphatic rings. The molecule has 4 rings (SSSR count). The Morgan fingerprint density at radius 3 is 2.88 bits per heavy atom. The molecule has 3 aromatic rings. The van der Waals surface area contributed by atoms with Crippen LogP contribution in [0, 0.1) is 11.3 Å². The van der Waals surface area contributed by atoms with Crippen LogP contribution in [0.15, 0.2) is 34.2 Å². The van der Waals surface area contributed by atoms with Gasteiger partial charge in [-0.25, -0.2) is 4.98 Å². The third-order valence-electron chi connectivity index (χ3n) is 4.06. The molecule has 24 heavy (non-hydrogen) atoms. The summed E-state index contributed by atoms with van der Waals surface area (Å²) < 4.78 is 1.60. The number of aryl methyl sites for hydroxylation is 2. The lowest BCUT2D eigenvalue weighted by Crippen LogP contribution is -2.21. The molecule has 1 aromatic carbocycles. The van der Waals surface area contributed by atoms with Crippen molar-refractivity contribution >= 4 is 44.9 Å². The highest BCUT2D eigenvalue weighted by molar-refractivity contribution is 7.99. The van der Waals surface area contributed by atoms with Gasteiger partial charge >= 0.3 is 0 Å². The van der Waals surface area contributed by atoms with Crippen LogP contribution in [0.1, 0.15) is 16.9 Å². The van der Waals surface area contributed by atoms with Crippen LogP contribution in [0.2, 0.25) is 5.02 Å². The summed E-state index contributed by atoms with van der Waals surface area (Å²) in [6.07, 6.45) is 3.07. The van der Waals surface area contributed by atoms with Gasteiger partial charge in [0.15, 0.2) is 5.16 Å². The maximum Gasteiger partial charge on any atom is 0.267 e. The van der Waals surface area contributed by atoms with E-state index >= 15 is 0 Å². The molecule has 0 radical (unpaired) electrons. The lowest BCUT2D eigenvalue weighted by atomic mass is 10.2. The molecule has 0 bridgehead atoms. The largest absolute Gasteiger partial charge is 0.268 e. The lowest BCUT2D eigenvalue weighted by molar-refractivity contribution is 0.821. The van der Waals surface area contributed by atoms with Crippen LogP contribution in [-0.2, 0) is 12.8 Å². The van der Waals surface area contributed by atoms with Crippen LogP contribution >= 0.6 is 34.7 Å². The summed E-state index contributed by atoms with van der Waals surface area (Å²) in [4.78, 5) is 20.0. The van der Waals surface area contributed by atoms with Gasteiger partial charge in [0.25, 0.3) is 5.56 Å². The van der Waals surface area contributed by atoms with Crippen molar-refractivity contribution in [3.05, 3.63) is 50.1 Å². The Morgan fingerprint density at radius 2 is 2.12 bits per heavy atom. The van der Waals surface area contributed by atoms with E-state index in [1.165, 1.54) is 16.6 Å². The van der Waals surface area contributed by atoms with Crippen LogP contribution in [0.5, 0.6) is 0 Å². The first kappa shape index (κ1) is 15.7. The van der Waals surface area contributed by atoms with E-state index in [0.717, 1.165) is 40.7 Å². The van der Waals surface area contributed by atoms with Gasteiger partial charge in [-0.3, -0.25) is 9.36 Å². The maximum absolute atomic E-state index is 13.2. The highest BCUT2D eigenvalue weighted by Crippen LogP contribution is 2.36. The highest BCUT2D eigenvalue weighted by Gasteiger charge is 2.23. The van der Waals surface area contributed by atoms with E-state index in [0.29, 0.717) is 10.2 Å². The molecule has 0 saturated carbocycles. The minimum absolute atomic E-state index is 0.0536. The van der Waals surface area contributed by atoms with E-state index in [1.807, 2.05) is 0 Å². The number of nitriles is 1. The Labute approximate surface area is 151 Å². The number of nitrogens with zero attached hydrogens (tertiary/aromatic N) is 3. The summed E-state index contributed by atoms with van der Waals surface area (Å²) in [6.45, 7) is 0. The third-order valence-corrected chi connectivity index (χ3v) is 6.30. The predicted octanol–water partition coefficient (Wildman–Crippen LogP) is 4.20. The normalized spacial score (nSPS) is 13.2.